The van der Waals surface area contributed by atoms with Crippen molar-refractivity contribution in [1.29, 1.82) is 0 Å². The van der Waals surface area contributed by atoms with Crippen LogP contribution in [0, 0.1) is 0 Å². The summed E-state index contributed by atoms with van der Waals surface area (Å²) >= 11 is 0. The molecule has 0 atom stereocenters. The van der Waals surface area contributed by atoms with E-state index in [9.17, 15) is 9.59 Å². The molecule has 0 saturated carbocycles. The first-order chi connectivity index (χ1) is 10.7. The second-order valence-corrected chi connectivity index (χ2v) is 4.56. The molecule has 0 unspecified atom stereocenters. The van der Waals surface area contributed by atoms with Gasteiger partial charge in [-0.05, 0) is 11.6 Å². The van der Waals surface area contributed by atoms with Gasteiger partial charge in [-0.25, -0.2) is 0 Å². The Morgan fingerprint density at radius 3 is 2.91 bits per heavy atom. The number of carbonyl (C=O) groups excluding carboxylic acids is 1. The molecule has 0 aliphatic rings. The van der Waals surface area contributed by atoms with Crippen LogP contribution < -0.4 is 10.9 Å². The molecule has 3 aromatic rings. The number of hydrogen-bond donors (Lipinski definition) is 2. The molecule has 0 fully saturated rings. The molecule has 0 saturated heterocycles. The van der Waals surface area contributed by atoms with E-state index in [2.05, 4.69) is 20.5 Å². The van der Waals surface area contributed by atoms with Crippen molar-refractivity contribution in [2.45, 2.75) is 6.54 Å². The van der Waals surface area contributed by atoms with E-state index in [0.717, 1.165) is 5.56 Å². The SMILES string of the molecule is O=C(/C=C\c1ccccc1)NCc1nnc2c(=O)[nH]ccn12. The van der Waals surface area contributed by atoms with Gasteiger partial charge >= 0.3 is 0 Å². The number of carbonyl (C=O) groups is 1. The van der Waals surface area contributed by atoms with E-state index in [-0.39, 0.29) is 23.7 Å². The molecule has 2 aromatic heterocycles. The first kappa shape index (κ1) is 13.7. The zero-order valence-electron chi connectivity index (χ0n) is 11.6. The van der Waals surface area contributed by atoms with Gasteiger partial charge in [0.15, 0.2) is 5.82 Å². The van der Waals surface area contributed by atoms with Gasteiger partial charge in [-0.3, -0.25) is 14.0 Å². The first-order valence-corrected chi connectivity index (χ1v) is 6.66. The van der Waals surface area contributed by atoms with E-state index < -0.39 is 0 Å². The van der Waals surface area contributed by atoms with Crippen LogP contribution in [0.2, 0.25) is 0 Å². The number of benzene rings is 1. The Labute approximate surface area is 125 Å². The van der Waals surface area contributed by atoms with Crippen molar-refractivity contribution in [3.05, 3.63) is 70.5 Å². The van der Waals surface area contributed by atoms with Gasteiger partial charge in [-0.2, -0.15) is 0 Å². The molecule has 22 heavy (non-hydrogen) atoms. The second-order valence-electron chi connectivity index (χ2n) is 4.56. The summed E-state index contributed by atoms with van der Waals surface area (Å²) in [5, 5.41) is 10.4. The summed E-state index contributed by atoms with van der Waals surface area (Å²) in [6, 6.07) is 9.52. The molecule has 0 radical (unpaired) electrons. The fraction of sp³-hybridized carbons (Fsp3) is 0.0667. The maximum Gasteiger partial charge on any atom is 0.293 e. The minimum absolute atomic E-state index is 0.183. The molecule has 0 aliphatic heterocycles. The molecule has 7 nitrogen and oxygen atoms in total. The van der Waals surface area contributed by atoms with E-state index >= 15 is 0 Å². The third-order valence-electron chi connectivity index (χ3n) is 3.06. The summed E-state index contributed by atoms with van der Waals surface area (Å²) < 4.78 is 1.54. The summed E-state index contributed by atoms with van der Waals surface area (Å²) in [5.74, 6) is 0.244. The average molecular weight is 295 g/mol. The number of fused-ring (bicyclic) bond motifs is 1. The Hall–Kier alpha value is -3.22. The minimum Gasteiger partial charge on any atom is -0.345 e. The normalized spacial score (nSPS) is 11.1. The quantitative estimate of drug-likeness (QED) is 0.695. The number of rotatable bonds is 4. The van der Waals surface area contributed by atoms with Gasteiger partial charge in [-0.1, -0.05) is 30.3 Å². The fourth-order valence-corrected chi connectivity index (χ4v) is 1.97. The molecule has 1 amide bonds. The molecular weight excluding hydrogens is 282 g/mol. The van der Waals surface area contributed by atoms with Crippen LogP contribution in [-0.2, 0) is 11.3 Å². The summed E-state index contributed by atoms with van der Waals surface area (Å²) in [5.41, 5.74) is 0.820. The highest BCUT2D eigenvalue weighted by Crippen LogP contribution is 2.01. The fourth-order valence-electron chi connectivity index (χ4n) is 1.97. The van der Waals surface area contributed by atoms with Crippen LogP contribution in [0.4, 0.5) is 0 Å². The van der Waals surface area contributed by atoms with Crippen molar-refractivity contribution in [3.8, 4) is 0 Å². The summed E-state index contributed by atoms with van der Waals surface area (Å²) in [6.45, 7) is 0.183. The predicted octanol–water partition coefficient (Wildman–Crippen LogP) is 0.747. The summed E-state index contributed by atoms with van der Waals surface area (Å²) in [7, 11) is 0. The van der Waals surface area contributed by atoms with E-state index in [1.807, 2.05) is 30.3 Å². The molecule has 1 aromatic carbocycles. The number of nitrogens with one attached hydrogen (secondary N) is 2. The summed E-state index contributed by atoms with van der Waals surface area (Å²) in [6.07, 6.45) is 6.31. The number of hydrogen-bond acceptors (Lipinski definition) is 4. The lowest BCUT2D eigenvalue weighted by molar-refractivity contribution is -0.116. The Morgan fingerprint density at radius 1 is 1.27 bits per heavy atom. The van der Waals surface area contributed by atoms with Crippen LogP contribution in [-0.4, -0.2) is 25.5 Å². The highest BCUT2D eigenvalue weighted by atomic mass is 16.1. The van der Waals surface area contributed by atoms with E-state index in [0.29, 0.717) is 5.82 Å². The van der Waals surface area contributed by atoms with E-state index in [1.54, 1.807) is 16.7 Å². The zero-order chi connectivity index (χ0) is 15.4. The molecule has 7 heteroatoms. The lowest BCUT2D eigenvalue weighted by Crippen LogP contribution is -2.22. The Bertz CT molecular complexity index is 880. The minimum atomic E-state index is -0.323. The topological polar surface area (TPSA) is 92.2 Å². The molecule has 2 heterocycles. The Kier molecular flexibility index (Phi) is 3.78. The van der Waals surface area contributed by atoms with Crippen molar-refractivity contribution in [1.82, 2.24) is 24.9 Å². The van der Waals surface area contributed by atoms with Crippen LogP contribution in [0.15, 0.2) is 53.6 Å². The van der Waals surface area contributed by atoms with Gasteiger partial charge in [0.1, 0.15) is 0 Å². The molecule has 0 aliphatic carbocycles. The molecule has 2 N–H and O–H groups in total. The lowest BCUT2D eigenvalue weighted by Gasteiger charge is -2.00. The molecule has 0 spiro atoms. The third-order valence-corrected chi connectivity index (χ3v) is 3.06. The van der Waals surface area contributed by atoms with Crippen molar-refractivity contribution in [2.24, 2.45) is 0 Å². The second kappa shape index (κ2) is 6.04. The van der Waals surface area contributed by atoms with Gasteiger partial charge in [0.25, 0.3) is 5.56 Å². The van der Waals surface area contributed by atoms with Crippen LogP contribution >= 0.6 is 0 Å². The number of aromatic amines is 1. The number of nitrogens with zero attached hydrogens (tertiary/aromatic N) is 3. The Balaban J connectivity index is 1.67. The highest BCUT2D eigenvalue weighted by molar-refractivity contribution is 5.91. The monoisotopic (exact) mass is 295 g/mol. The van der Waals surface area contributed by atoms with E-state index in [1.165, 1.54) is 12.3 Å². The number of H-pyrrole nitrogens is 1. The average Bonchev–Trinajstić information content (AvgIpc) is 2.96. The van der Waals surface area contributed by atoms with Crippen LogP contribution in [0.5, 0.6) is 0 Å². The molecule has 0 bridgehead atoms. The van der Waals surface area contributed by atoms with Crippen LogP contribution in [0.25, 0.3) is 11.7 Å². The largest absolute Gasteiger partial charge is 0.345 e. The van der Waals surface area contributed by atoms with Crippen molar-refractivity contribution in [2.75, 3.05) is 0 Å². The van der Waals surface area contributed by atoms with Gasteiger partial charge < -0.3 is 10.3 Å². The smallest absolute Gasteiger partial charge is 0.293 e. The number of amides is 1. The first-order valence-electron chi connectivity index (χ1n) is 6.66. The van der Waals surface area contributed by atoms with E-state index in [4.69, 9.17) is 0 Å². The number of aromatic nitrogens is 4. The van der Waals surface area contributed by atoms with Crippen LogP contribution in [0.1, 0.15) is 11.4 Å². The third kappa shape index (κ3) is 2.93. The molecule has 3 rings (SSSR count). The maximum atomic E-state index is 11.8. The van der Waals surface area contributed by atoms with Gasteiger partial charge in [0.05, 0.1) is 6.54 Å². The van der Waals surface area contributed by atoms with Crippen molar-refractivity contribution in [3.63, 3.8) is 0 Å². The van der Waals surface area contributed by atoms with Gasteiger partial charge in [0.2, 0.25) is 11.6 Å². The summed E-state index contributed by atoms with van der Waals surface area (Å²) in [4.78, 5) is 25.8. The standard InChI is InChI=1S/C15H13N5O2/c21-13(7-6-11-4-2-1-3-5-11)17-10-12-18-19-14-15(22)16-8-9-20(12)14/h1-9H,10H2,(H,16,22)(H,17,21)/b7-6-. The maximum absolute atomic E-state index is 11.8. The van der Waals surface area contributed by atoms with Gasteiger partial charge in [-0.15, -0.1) is 10.2 Å². The zero-order valence-corrected chi connectivity index (χ0v) is 11.6. The highest BCUT2D eigenvalue weighted by Gasteiger charge is 2.08. The molecule has 110 valence electrons. The van der Waals surface area contributed by atoms with Crippen LogP contribution in [0.3, 0.4) is 0 Å². The predicted molar refractivity (Wildman–Crippen MR) is 80.9 cm³/mol. The molecular formula is C15H13N5O2. The van der Waals surface area contributed by atoms with Crippen molar-refractivity contribution < 1.29 is 4.79 Å². The lowest BCUT2D eigenvalue weighted by atomic mass is 10.2. The Morgan fingerprint density at radius 2 is 2.09 bits per heavy atom. The van der Waals surface area contributed by atoms with Gasteiger partial charge in [0, 0.05) is 18.5 Å². The van der Waals surface area contributed by atoms with Crippen molar-refractivity contribution >= 4 is 17.6 Å².